The van der Waals surface area contributed by atoms with Gasteiger partial charge < -0.3 is 9.47 Å². The fourth-order valence-electron chi connectivity index (χ4n) is 2.54. The number of benzene rings is 2. The highest BCUT2D eigenvalue weighted by Crippen LogP contribution is 2.22. The van der Waals surface area contributed by atoms with Crippen LogP contribution in [0.3, 0.4) is 0 Å². The van der Waals surface area contributed by atoms with Crippen molar-refractivity contribution in [3.05, 3.63) is 53.5 Å². The number of aryl methyl sites for hydroxylation is 1. The standard InChI is InChI=1S/C20H22N2O5S2/c1-22(2)29(24,25)16-9-7-15(8-10-16)26-13-14-27-20(23)12-11-19-21-17-5-3-4-6-18(17)28-19/h3-10H,11-14H2,1-2H3. The lowest BCUT2D eigenvalue weighted by Gasteiger charge is -2.12. The number of esters is 1. The summed E-state index contributed by atoms with van der Waals surface area (Å²) in [7, 11) is -0.510. The van der Waals surface area contributed by atoms with E-state index in [0.29, 0.717) is 12.2 Å². The predicted molar refractivity (Wildman–Crippen MR) is 112 cm³/mol. The summed E-state index contributed by atoms with van der Waals surface area (Å²) in [4.78, 5) is 16.6. The van der Waals surface area contributed by atoms with E-state index in [4.69, 9.17) is 9.47 Å². The number of thiazole rings is 1. The molecule has 0 atom stereocenters. The van der Waals surface area contributed by atoms with Crippen LogP contribution in [-0.2, 0) is 26.0 Å². The smallest absolute Gasteiger partial charge is 0.306 e. The minimum Gasteiger partial charge on any atom is -0.490 e. The van der Waals surface area contributed by atoms with Gasteiger partial charge in [0.25, 0.3) is 0 Å². The van der Waals surface area contributed by atoms with Crippen LogP contribution in [0.2, 0.25) is 0 Å². The van der Waals surface area contributed by atoms with Crippen molar-refractivity contribution in [3.63, 3.8) is 0 Å². The maximum Gasteiger partial charge on any atom is 0.306 e. The van der Waals surface area contributed by atoms with E-state index < -0.39 is 10.0 Å². The molecule has 0 unspecified atom stereocenters. The number of aromatic nitrogens is 1. The van der Waals surface area contributed by atoms with E-state index in [1.54, 1.807) is 23.5 Å². The molecule has 0 amide bonds. The van der Waals surface area contributed by atoms with Crippen LogP contribution in [-0.4, -0.2) is 51.0 Å². The van der Waals surface area contributed by atoms with E-state index in [-0.39, 0.29) is 30.5 Å². The van der Waals surface area contributed by atoms with Gasteiger partial charge in [-0.05, 0) is 36.4 Å². The van der Waals surface area contributed by atoms with Gasteiger partial charge in [0.2, 0.25) is 10.0 Å². The van der Waals surface area contributed by atoms with E-state index in [2.05, 4.69) is 4.98 Å². The van der Waals surface area contributed by atoms with Crippen LogP contribution in [0, 0.1) is 0 Å². The SMILES string of the molecule is CN(C)S(=O)(=O)c1ccc(OCCOC(=O)CCc2nc3ccccc3s2)cc1. The highest BCUT2D eigenvalue weighted by Gasteiger charge is 2.16. The van der Waals surface area contributed by atoms with Gasteiger partial charge in [0.15, 0.2) is 0 Å². The molecular formula is C20H22N2O5S2. The van der Waals surface area contributed by atoms with Crippen molar-refractivity contribution >= 4 is 37.5 Å². The third kappa shape index (κ3) is 5.53. The third-order valence-electron chi connectivity index (χ3n) is 4.10. The Morgan fingerprint density at radius 3 is 2.48 bits per heavy atom. The van der Waals surface area contributed by atoms with Crippen molar-refractivity contribution in [2.24, 2.45) is 0 Å². The largest absolute Gasteiger partial charge is 0.490 e. The van der Waals surface area contributed by atoms with Crippen molar-refractivity contribution in [3.8, 4) is 5.75 Å². The summed E-state index contributed by atoms with van der Waals surface area (Å²) < 4.78 is 37.0. The van der Waals surface area contributed by atoms with Crippen LogP contribution in [0.25, 0.3) is 10.2 Å². The molecule has 0 aliphatic rings. The summed E-state index contributed by atoms with van der Waals surface area (Å²) in [6.45, 7) is 0.309. The minimum absolute atomic E-state index is 0.121. The molecular weight excluding hydrogens is 412 g/mol. The first-order chi connectivity index (χ1) is 13.9. The zero-order valence-electron chi connectivity index (χ0n) is 16.2. The Labute approximate surface area is 173 Å². The first kappa shape index (κ1) is 21.2. The van der Waals surface area contributed by atoms with Gasteiger partial charge in [-0.25, -0.2) is 17.7 Å². The van der Waals surface area contributed by atoms with Gasteiger partial charge in [0.1, 0.15) is 19.0 Å². The minimum atomic E-state index is -3.46. The normalized spacial score (nSPS) is 11.7. The van der Waals surface area contributed by atoms with Gasteiger partial charge >= 0.3 is 5.97 Å². The van der Waals surface area contributed by atoms with Crippen molar-refractivity contribution in [2.75, 3.05) is 27.3 Å². The van der Waals surface area contributed by atoms with Gasteiger partial charge in [-0.15, -0.1) is 11.3 Å². The first-order valence-electron chi connectivity index (χ1n) is 9.02. The number of hydrogen-bond acceptors (Lipinski definition) is 7. The number of ether oxygens (including phenoxy) is 2. The molecule has 9 heteroatoms. The van der Waals surface area contributed by atoms with E-state index in [1.165, 1.54) is 26.2 Å². The Bertz CT molecular complexity index is 1040. The van der Waals surface area contributed by atoms with Crippen LogP contribution in [0.4, 0.5) is 0 Å². The summed E-state index contributed by atoms with van der Waals surface area (Å²) in [5.41, 5.74) is 0.943. The number of fused-ring (bicyclic) bond motifs is 1. The Morgan fingerprint density at radius 1 is 1.07 bits per heavy atom. The zero-order chi connectivity index (χ0) is 20.9. The molecule has 2 aromatic carbocycles. The monoisotopic (exact) mass is 434 g/mol. The molecule has 0 fully saturated rings. The predicted octanol–water partition coefficient (Wildman–Crippen LogP) is 3.10. The Morgan fingerprint density at radius 2 is 1.79 bits per heavy atom. The van der Waals surface area contributed by atoms with Gasteiger partial charge in [-0.2, -0.15) is 0 Å². The molecule has 0 aliphatic heterocycles. The van der Waals surface area contributed by atoms with E-state index in [0.717, 1.165) is 19.5 Å². The number of carbonyl (C=O) groups excluding carboxylic acids is 1. The van der Waals surface area contributed by atoms with Crippen molar-refractivity contribution in [1.29, 1.82) is 0 Å². The summed E-state index contributed by atoms with van der Waals surface area (Å²) in [6.07, 6.45) is 0.803. The van der Waals surface area contributed by atoms with Gasteiger partial charge in [0.05, 0.1) is 26.5 Å². The Kier molecular flexibility index (Phi) is 6.83. The second-order valence-electron chi connectivity index (χ2n) is 6.40. The van der Waals surface area contributed by atoms with Crippen LogP contribution in [0.5, 0.6) is 5.75 Å². The average Bonchev–Trinajstić information content (AvgIpc) is 3.13. The quantitative estimate of drug-likeness (QED) is 0.380. The molecule has 0 aliphatic carbocycles. The highest BCUT2D eigenvalue weighted by atomic mass is 32.2. The van der Waals surface area contributed by atoms with Crippen molar-refractivity contribution < 1.29 is 22.7 Å². The molecule has 0 saturated heterocycles. The fourth-order valence-corrected chi connectivity index (χ4v) is 4.41. The lowest BCUT2D eigenvalue weighted by Crippen LogP contribution is -2.22. The molecule has 1 heterocycles. The Hall–Kier alpha value is -2.49. The number of sulfonamides is 1. The summed E-state index contributed by atoms with van der Waals surface area (Å²) in [5, 5.41) is 0.909. The zero-order valence-corrected chi connectivity index (χ0v) is 17.8. The molecule has 3 rings (SSSR count). The molecule has 29 heavy (non-hydrogen) atoms. The second-order valence-corrected chi connectivity index (χ2v) is 9.67. The number of carbonyl (C=O) groups is 1. The van der Waals surface area contributed by atoms with E-state index in [9.17, 15) is 13.2 Å². The lowest BCUT2D eigenvalue weighted by molar-refractivity contribution is -0.144. The van der Waals surface area contributed by atoms with Crippen LogP contribution >= 0.6 is 11.3 Å². The molecule has 0 N–H and O–H groups in total. The van der Waals surface area contributed by atoms with Gasteiger partial charge in [-0.3, -0.25) is 4.79 Å². The summed E-state index contributed by atoms with van der Waals surface area (Å²) in [6, 6.07) is 14.0. The Balaban J connectivity index is 1.39. The molecule has 3 aromatic rings. The van der Waals surface area contributed by atoms with E-state index in [1.807, 2.05) is 24.3 Å². The van der Waals surface area contributed by atoms with E-state index >= 15 is 0 Å². The summed E-state index contributed by atoms with van der Waals surface area (Å²) in [5.74, 6) is 0.202. The maximum atomic E-state index is 12.0. The van der Waals surface area contributed by atoms with Crippen LogP contribution in [0.1, 0.15) is 11.4 Å². The first-order valence-corrected chi connectivity index (χ1v) is 11.3. The highest BCUT2D eigenvalue weighted by molar-refractivity contribution is 7.89. The number of nitrogens with zero attached hydrogens (tertiary/aromatic N) is 2. The van der Waals surface area contributed by atoms with Crippen molar-refractivity contribution in [2.45, 2.75) is 17.7 Å². The molecule has 0 spiro atoms. The van der Waals surface area contributed by atoms with Crippen molar-refractivity contribution in [1.82, 2.24) is 9.29 Å². The van der Waals surface area contributed by atoms with Crippen LogP contribution in [0.15, 0.2) is 53.4 Å². The van der Waals surface area contributed by atoms with Crippen LogP contribution < -0.4 is 4.74 Å². The molecule has 154 valence electrons. The number of hydrogen-bond donors (Lipinski definition) is 0. The molecule has 1 aromatic heterocycles. The topological polar surface area (TPSA) is 85.8 Å². The maximum absolute atomic E-state index is 12.0. The second kappa shape index (κ2) is 9.34. The third-order valence-corrected chi connectivity index (χ3v) is 7.02. The fraction of sp³-hybridized carbons (Fsp3) is 0.300. The molecule has 0 radical (unpaired) electrons. The summed E-state index contributed by atoms with van der Waals surface area (Å²) >= 11 is 1.58. The lowest BCUT2D eigenvalue weighted by atomic mass is 10.3. The average molecular weight is 435 g/mol. The van der Waals surface area contributed by atoms with Gasteiger partial charge in [-0.1, -0.05) is 12.1 Å². The molecule has 7 nitrogen and oxygen atoms in total. The molecule has 0 bridgehead atoms. The van der Waals surface area contributed by atoms with Gasteiger partial charge in [0, 0.05) is 20.5 Å². The molecule has 0 saturated carbocycles. The number of rotatable bonds is 9. The number of para-hydroxylation sites is 1.